The maximum absolute atomic E-state index is 11.5. The zero-order chi connectivity index (χ0) is 13.7. The maximum Gasteiger partial charge on any atom is 0.326 e. The van der Waals surface area contributed by atoms with E-state index in [0.29, 0.717) is 0 Å². The zero-order valence-corrected chi connectivity index (χ0v) is 9.86. The molecule has 0 aromatic rings. The molecule has 0 aromatic heterocycles. The molecule has 100 valence electrons. The number of carboxylic acids is 1. The van der Waals surface area contributed by atoms with E-state index in [4.69, 9.17) is 5.11 Å². The smallest absolute Gasteiger partial charge is 0.326 e. The average molecular weight is 257 g/mol. The molecular formula is C10H15N3O5. The van der Waals surface area contributed by atoms with Crippen LogP contribution in [0.5, 0.6) is 0 Å². The van der Waals surface area contributed by atoms with E-state index in [1.807, 2.05) is 0 Å². The molecule has 0 saturated carbocycles. The Morgan fingerprint density at radius 2 is 2.17 bits per heavy atom. The maximum atomic E-state index is 11.5. The van der Waals surface area contributed by atoms with Crippen molar-refractivity contribution in [3.63, 3.8) is 0 Å². The molecule has 2 atom stereocenters. The second-order valence-corrected chi connectivity index (χ2v) is 3.92. The summed E-state index contributed by atoms with van der Waals surface area (Å²) >= 11 is 0. The van der Waals surface area contributed by atoms with Crippen LogP contribution in [0.4, 0.5) is 4.79 Å². The second kappa shape index (κ2) is 5.99. The Hall–Kier alpha value is -2.12. The van der Waals surface area contributed by atoms with Gasteiger partial charge >= 0.3 is 12.0 Å². The van der Waals surface area contributed by atoms with Crippen molar-refractivity contribution < 1.29 is 24.3 Å². The quantitative estimate of drug-likeness (QED) is 0.478. The molecule has 18 heavy (non-hydrogen) atoms. The van der Waals surface area contributed by atoms with Gasteiger partial charge in [0.2, 0.25) is 11.8 Å². The molecule has 1 rings (SSSR count). The number of rotatable bonds is 4. The number of piperidine rings is 1. The molecule has 1 aliphatic heterocycles. The normalized spacial score (nSPS) is 20.8. The standard InChI is InChI=1S/C10H15N3O5/c1-2-5(9(16)17)11-10(18)12-6-3-4-7(14)13-8(6)15/h5-6H,2-4H2,1H3,(H,16,17)(H2,11,12,18)(H,13,14,15)/t5-,6?/m1/s1. The predicted molar refractivity (Wildman–Crippen MR) is 59.6 cm³/mol. The minimum absolute atomic E-state index is 0.146. The largest absolute Gasteiger partial charge is 0.480 e. The molecule has 1 heterocycles. The van der Waals surface area contributed by atoms with Gasteiger partial charge in [-0.3, -0.25) is 14.9 Å². The van der Waals surface area contributed by atoms with Crippen LogP contribution in [0.15, 0.2) is 0 Å². The lowest BCUT2D eigenvalue weighted by Crippen LogP contribution is -2.56. The Morgan fingerprint density at radius 3 is 2.67 bits per heavy atom. The van der Waals surface area contributed by atoms with E-state index >= 15 is 0 Å². The Labute approximate surface area is 103 Å². The van der Waals surface area contributed by atoms with E-state index in [1.165, 1.54) is 0 Å². The molecule has 1 unspecified atom stereocenters. The number of carbonyl (C=O) groups excluding carboxylic acids is 3. The molecule has 1 aliphatic rings. The fourth-order valence-electron chi connectivity index (χ4n) is 1.53. The average Bonchev–Trinajstić information content (AvgIpc) is 2.29. The van der Waals surface area contributed by atoms with E-state index in [9.17, 15) is 19.2 Å². The van der Waals surface area contributed by atoms with Gasteiger partial charge in [0, 0.05) is 6.42 Å². The summed E-state index contributed by atoms with van der Waals surface area (Å²) in [4.78, 5) is 44.4. The lowest BCUT2D eigenvalue weighted by molar-refractivity contribution is -0.139. The summed E-state index contributed by atoms with van der Waals surface area (Å²) in [6.45, 7) is 1.62. The van der Waals surface area contributed by atoms with Crippen molar-refractivity contribution in [1.82, 2.24) is 16.0 Å². The Morgan fingerprint density at radius 1 is 1.50 bits per heavy atom. The van der Waals surface area contributed by atoms with Gasteiger partial charge < -0.3 is 15.7 Å². The number of nitrogens with one attached hydrogen (secondary N) is 3. The first-order valence-electron chi connectivity index (χ1n) is 5.57. The van der Waals surface area contributed by atoms with Gasteiger partial charge in [0.1, 0.15) is 12.1 Å². The summed E-state index contributed by atoms with van der Waals surface area (Å²) in [6.07, 6.45) is 0.590. The summed E-state index contributed by atoms with van der Waals surface area (Å²) in [7, 11) is 0. The number of hydrogen-bond acceptors (Lipinski definition) is 4. The van der Waals surface area contributed by atoms with Crippen LogP contribution in [-0.2, 0) is 14.4 Å². The lowest BCUT2D eigenvalue weighted by atomic mass is 10.1. The van der Waals surface area contributed by atoms with Crippen molar-refractivity contribution in [2.45, 2.75) is 38.3 Å². The van der Waals surface area contributed by atoms with Crippen LogP contribution in [0.3, 0.4) is 0 Å². The molecule has 8 nitrogen and oxygen atoms in total. The first-order valence-corrected chi connectivity index (χ1v) is 5.57. The summed E-state index contributed by atoms with van der Waals surface area (Å²) in [5.41, 5.74) is 0. The molecule has 0 bridgehead atoms. The molecule has 8 heteroatoms. The van der Waals surface area contributed by atoms with Crippen molar-refractivity contribution >= 4 is 23.8 Å². The van der Waals surface area contributed by atoms with Crippen LogP contribution in [-0.4, -0.2) is 41.0 Å². The number of carboxylic acid groups (broad SMARTS) is 1. The number of aliphatic carboxylic acids is 1. The van der Waals surface area contributed by atoms with Crippen molar-refractivity contribution in [2.75, 3.05) is 0 Å². The topological polar surface area (TPSA) is 125 Å². The summed E-state index contributed by atoms with van der Waals surface area (Å²) < 4.78 is 0. The van der Waals surface area contributed by atoms with Crippen molar-refractivity contribution in [2.24, 2.45) is 0 Å². The van der Waals surface area contributed by atoms with E-state index in [1.54, 1.807) is 6.92 Å². The number of carbonyl (C=O) groups is 4. The predicted octanol–water partition coefficient (Wildman–Crippen LogP) is -1.05. The highest BCUT2D eigenvalue weighted by atomic mass is 16.4. The third-order valence-corrected chi connectivity index (χ3v) is 2.56. The summed E-state index contributed by atoms with van der Waals surface area (Å²) in [5, 5.41) is 15.4. The molecule has 0 aliphatic carbocycles. The van der Waals surface area contributed by atoms with Gasteiger partial charge in [-0.25, -0.2) is 9.59 Å². The van der Waals surface area contributed by atoms with Crippen LogP contribution >= 0.6 is 0 Å². The fraction of sp³-hybridized carbons (Fsp3) is 0.600. The molecule has 4 amide bonds. The molecule has 1 fully saturated rings. The van der Waals surface area contributed by atoms with Crippen LogP contribution in [0.25, 0.3) is 0 Å². The Bertz CT molecular complexity index is 382. The first kappa shape index (κ1) is 13.9. The van der Waals surface area contributed by atoms with Crippen LogP contribution in [0, 0.1) is 0 Å². The lowest BCUT2D eigenvalue weighted by Gasteiger charge is -2.22. The molecule has 0 aromatic carbocycles. The fourth-order valence-corrected chi connectivity index (χ4v) is 1.53. The van der Waals surface area contributed by atoms with E-state index < -0.39 is 30.0 Å². The Kier molecular flexibility index (Phi) is 4.64. The number of amides is 4. The summed E-state index contributed by atoms with van der Waals surface area (Å²) in [5.74, 6) is -2.10. The first-order chi connectivity index (χ1) is 8.43. The number of hydrogen-bond donors (Lipinski definition) is 4. The monoisotopic (exact) mass is 257 g/mol. The molecular weight excluding hydrogens is 242 g/mol. The number of imide groups is 1. The summed E-state index contributed by atoms with van der Waals surface area (Å²) in [6, 6.07) is -2.55. The molecule has 4 N–H and O–H groups in total. The SMILES string of the molecule is CC[C@@H](NC(=O)NC1CCC(=O)NC1=O)C(=O)O. The Balaban J connectivity index is 2.47. The van der Waals surface area contributed by atoms with Crippen LogP contribution < -0.4 is 16.0 Å². The van der Waals surface area contributed by atoms with E-state index in [0.717, 1.165) is 0 Å². The highest BCUT2D eigenvalue weighted by Crippen LogP contribution is 2.04. The van der Waals surface area contributed by atoms with Gasteiger partial charge in [0.25, 0.3) is 0 Å². The minimum atomic E-state index is -1.14. The van der Waals surface area contributed by atoms with Crippen molar-refractivity contribution in [3.8, 4) is 0 Å². The van der Waals surface area contributed by atoms with Gasteiger partial charge in [-0.05, 0) is 12.8 Å². The highest BCUT2D eigenvalue weighted by molar-refractivity contribution is 6.01. The van der Waals surface area contributed by atoms with Gasteiger partial charge in [0.05, 0.1) is 0 Å². The zero-order valence-electron chi connectivity index (χ0n) is 9.86. The molecule has 0 spiro atoms. The van der Waals surface area contributed by atoms with E-state index in [-0.39, 0.29) is 25.2 Å². The highest BCUT2D eigenvalue weighted by Gasteiger charge is 2.28. The second-order valence-electron chi connectivity index (χ2n) is 3.92. The van der Waals surface area contributed by atoms with Crippen molar-refractivity contribution in [3.05, 3.63) is 0 Å². The van der Waals surface area contributed by atoms with Gasteiger partial charge in [-0.1, -0.05) is 6.92 Å². The van der Waals surface area contributed by atoms with Crippen LogP contribution in [0.1, 0.15) is 26.2 Å². The molecule has 1 saturated heterocycles. The van der Waals surface area contributed by atoms with Crippen LogP contribution in [0.2, 0.25) is 0 Å². The van der Waals surface area contributed by atoms with Crippen molar-refractivity contribution in [1.29, 1.82) is 0 Å². The number of urea groups is 1. The van der Waals surface area contributed by atoms with Gasteiger partial charge in [-0.2, -0.15) is 0 Å². The third kappa shape index (κ3) is 3.72. The minimum Gasteiger partial charge on any atom is -0.480 e. The van der Waals surface area contributed by atoms with Gasteiger partial charge in [-0.15, -0.1) is 0 Å². The van der Waals surface area contributed by atoms with Gasteiger partial charge in [0.15, 0.2) is 0 Å². The third-order valence-electron chi connectivity index (χ3n) is 2.56. The van der Waals surface area contributed by atoms with E-state index in [2.05, 4.69) is 16.0 Å². The molecule has 0 radical (unpaired) electrons.